The maximum absolute atomic E-state index is 11.8. The van der Waals surface area contributed by atoms with Gasteiger partial charge in [-0.2, -0.15) is 0 Å². The number of hydrogen-bond donors (Lipinski definition) is 1. The van der Waals surface area contributed by atoms with Gasteiger partial charge in [-0.15, -0.1) is 0 Å². The fourth-order valence-electron chi connectivity index (χ4n) is 1.68. The Hall–Kier alpha value is -1.10. The maximum atomic E-state index is 11.8. The van der Waals surface area contributed by atoms with E-state index in [1.54, 1.807) is 0 Å². The van der Waals surface area contributed by atoms with Crippen molar-refractivity contribution in [1.82, 2.24) is 10.2 Å². The molecule has 0 aromatic rings. The van der Waals surface area contributed by atoms with Crippen molar-refractivity contribution < 1.29 is 14.3 Å². The Kier molecular flexibility index (Phi) is 5.41. The Labute approximate surface area is 102 Å². The lowest BCUT2D eigenvalue weighted by molar-refractivity contribution is -0.141. The highest BCUT2D eigenvalue weighted by Crippen LogP contribution is 2.19. The van der Waals surface area contributed by atoms with E-state index in [-0.39, 0.29) is 17.9 Å². The standard InChI is InChI=1S/C12H22N2O3/c1-4-14(8-7-11(15)17-3)9(2)12(16)13-10-5-6-10/h9-10H,4-8H2,1-3H3,(H,13,16). The van der Waals surface area contributed by atoms with Gasteiger partial charge in [0.15, 0.2) is 0 Å². The molecule has 17 heavy (non-hydrogen) atoms. The summed E-state index contributed by atoms with van der Waals surface area (Å²) in [4.78, 5) is 24.9. The molecular weight excluding hydrogens is 220 g/mol. The SMILES string of the molecule is CCN(CCC(=O)OC)C(C)C(=O)NC1CC1. The van der Waals surface area contributed by atoms with Crippen LogP contribution in [-0.2, 0) is 14.3 Å². The zero-order valence-electron chi connectivity index (χ0n) is 10.9. The molecule has 1 rings (SSSR count). The summed E-state index contributed by atoms with van der Waals surface area (Å²) in [6.45, 7) is 5.16. The van der Waals surface area contributed by atoms with Crippen molar-refractivity contribution >= 4 is 11.9 Å². The molecule has 0 aromatic carbocycles. The summed E-state index contributed by atoms with van der Waals surface area (Å²) < 4.78 is 4.59. The molecule has 5 nitrogen and oxygen atoms in total. The van der Waals surface area contributed by atoms with Crippen molar-refractivity contribution in [2.75, 3.05) is 20.2 Å². The largest absolute Gasteiger partial charge is 0.469 e. The Bertz CT molecular complexity index is 277. The van der Waals surface area contributed by atoms with E-state index in [0.29, 0.717) is 19.0 Å². The predicted molar refractivity (Wildman–Crippen MR) is 64.5 cm³/mol. The Morgan fingerprint density at radius 3 is 2.59 bits per heavy atom. The summed E-state index contributed by atoms with van der Waals surface area (Å²) in [5.74, 6) is -0.183. The van der Waals surface area contributed by atoms with E-state index >= 15 is 0 Å². The van der Waals surface area contributed by atoms with Crippen LogP contribution >= 0.6 is 0 Å². The number of carbonyl (C=O) groups is 2. The number of amides is 1. The zero-order valence-corrected chi connectivity index (χ0v) is 10.9. The highest BCUT2D eigenvalue weighted by Gasteiger charge is 2.27. The second-order valence-electron chi connectivity index (χ2n) is 4.41. The summed E-state index contributed by atoms with van der Waals surface area (Å²) >= 11 is 0. The number of carbonyl (C=O) groups excluding carboxylic acids is 2. The van der Waals surface area contributed by atoms with Gasteiger partial charge < -0.3 is 10.1 Å². The summed E-state index contributed by atoms with van der Waals surface area (Å²) in [6.07, 6.45) is 2.50. The van der Waals surface area contributed by atoms with Crippen molar-refractivity contribution in [2.45, 2.75) is 45.2 Å². The van der Waals surface area contributed by atoms with Gasteiger partial charge in [0.2, 0.25) is 5.91 Å². The minimum atomic E-state index is -0.238. The normalized spacial score (nSPS) is 16.7. The topological polar surface area (TPSA) is 58.6 Å². The number of hydrogen-bond acceptors (Lipinski definition) is 4. The van der Waals surface area contributed by atoms with Crippen LogP contribution in [0.5, 0.6) is 0 Å². The van der Waals surface area contributed by atoms with Crippen LogP contribution in [0, 0.1) is 0 Å². The molecule has 5 heteroatoms. The lowest BCUT2D eigenvalue weighted by atomic mass is 10.2. The van der Waals surface area contributed by atoms with Crippen molar-refractivity contribution in [3.63, 3.8) is 0 Å². The maximum Gasteiger partial charge on any atom is 0.306 e. The number of nitrogens with zero attached hydrogens (tertiary/aromatic N) is 1. The van der Waals surface area contributed by atoms with Crippen LogP contribution in [0.1, 0.15) is 33.1 Å². The van der Waals surface area contributed by atoms with Gasteiger partial charge in [0, 0.05) is 12.6 Å². The number of methoxy groups -OCH3 is 1. The van der Waals surface area contributed by atoms with Crippen LogP contribution in [0.15, 0.2) is 0 Å². The molecule has 1 saturated carbocycles. The van der Waals surface area contributed by atoms with Gasteiger partial charge in [-0.1, -0.05) is 6.92 Å². The molecule has 0 radical (unpaired) electrons. The van der Waals surface area contributed by atoms with E-state index in [4.69, 9.17) is 0 Å². The van der Waals surface area contributed by atoms with Crippen molar-refractivity contribution in [3.05, 3.63) is 0 Å². The third kappa shape index (κ3) is 4.73. The summed E-state index contributed by atoms with van der Waals surface area (Å²) in [7, 11) is 1.38. The molecule has 1 N–H and O–H groups in total. The molecule has 98 valence electrons. The molecule has 0 heterocycles. The van der Waals surface area contributed by atoms with Crippen LogP contribution in [0.3, 0.4) is 0 Å². The van der Waals surface area contributed by atoms with Gasteiger partial charge in [0.25, 0.3) is 0 Å². The van der Waals surface area contributed by atoms with E-state index in [9.17, 15) is 9.59 Å². The van der Waals surface area contributed by atoms with Gasteiger partial charge in [-0.05, 0) is 26.3 Å². The Morgan fingerprint density at radius 2 is 2.12 bits per heavy atom. The molecule has 1 fully saturated rings. The molecule has 1 aliphatic rings. The molecular formula is C12H22N2O3. The van der Waals surface area contributed by atoms with Gasteiger partial charge in [0.05, 0.1) is 19.6 Å². The quantitative estimate of drug-likeness (QED) is 0.662. The molecule has 0 saturated heterocycles. The predicted octanol–water partition coefficient (Wildman–Crippen LogP) is 0.539. The number of nitrogens with one attached hydrogen (secondary N) is 1. The van der Waals surface area contributed by atoms with E-state index in [1.807, 2.05) is 18.7 Å². The van der Waals surface area contributed by atoms with Gasteiger partial charge >= 0.3 is 5.97 Å². The first-order valence-corrected chi connectivity index (χ1v) is 6.19. The zero-order chi connectivity index (χ0) is 12.8. The first kappa shape index (κ1) is 14.0. The molecule has 1 atom stereocenters. The molecule has 1 amide bonds. The first-order valence-electron chi connectivity index (χ1n) is 6.19. The van der Waals surface area contributed by atoms with E-state index in [2.05, 4.69) is 10.1 Å². The van der Waals surface area contributed by atoms with Crippen LogP contribution in [0.2, 0.25) is 0 Å². The second-order valence-corrected chi connectivity index (χ2v) is 4.41. The van der Waals surface area contributed by atoms with Gasteiger partial charge in [0.1, 0.15) is 0 Å². The molecule has 1 aliphatic carbocycles. The number of likely N-dealkylation sites (N-methyl/N-ethyl adjacent to an activating group) is 1. The molecule has 0 bridgehead atoms. The highest BCUT2D eigenvalue weighted by atomic mass is 16.5. The number of rotatable bonds is 7. The van der Waals surface area contributed by atoms with E-state index in [1.165, 1.54) is 7.11 Å². The molecule has 0 spiro atoms. The smallest absolute Gasteiger partial charge is 0.306 e. The fourth-order valence-corrected chi connectivity index (χ4v) is 1.68. The van der Waals surface area contributed by atoms with Gasteiger partial charge in [-0.25, -0.2) is 0 Å². The van der Waals surface area contributed by atoms with E-state index in [0.717, 1.165) is 19.4 Å². The molecule has 0 aliphatic heterocycles. The van der Waals surface area contributed by atoms with Crippen LogP contribution in [0.4, 0.5) is 0 Å². The summed E-state index contributed by atoms with van der Waals surface area (Å²) in [5, 5.41) is 2.97. The van der Waals surface area contributed by atoms with Gasteiger partial charge in [-0.3, -0.25) is 14.5 Å². The minimum Gasteiger partial charge on any atom is -0.469 e. The van der Waals surface area contributed by atoms with E-state index < -0.39 is 0 Å². The Balaban J connectivity index is 2.35. The summed E-state index contributed by atoms with van der Waals surface area (Å²) in [6, 6.07) is 0.189. The average molecular weight is 242 g/mol. The molecule has 1 unspecified atom stereocenters. The van der Waals surface area contributed by atoms with Crippen molar-refractivity contribution in [2.24, 2.45) is 0 Å². The third-order valence-corrected chi connectivity index (χ3v) is 3.09. The highest BCUT2D eigenvalue weighted by molar-refractivity contribution is 5.82. The number of ether oxygens (including phenoxy) is 1. The summed E-state index contributed by atoms with van der Waals surface area (Å²) in [5.41, 5.74) is 0. The van der Waals surface area contributed by atoms with Crippen LogP contribution in [-0.4, -0.2) is 49.1 Å². The lowest BCUT2D eigenvalue weighted by Crippen LogP contribution is -2.46. The fraction of sp³-hybridized carbons (Fsp3) is 0.833. The monoisotopic (exact) mass is 242 g/mol. The third-order valence-electron chi connectivity index (χ3n) is 3.09. The average Bonchev–Trinajstić information content (AvgIpc) is 3.12. The Morgan fingerprint density at radius 1 is 1.47 bits per heavy atom. The van der Waals surface area contributed by atoms with Crippen molar-refractivity contribution in [1.29, 1.82) is 0 Å². The van der Waals surface area contributed by atoms with Crippen LogP contribution < -0.4 is 5.32 Å². The minimum absolute atomic E-state index is 0.0548. The second kappa shape index (κ2) is 6.59. The van der Waals surface area contributed by atoms with Crippen LogP contribution in [0.25, 0.3) is 0 Å². The molecule has 0 aromatic heterocycles. The number of esters is 1. The van der Waals surface area contributed by atoms with Crippen molar-refractivity contribution in [3.8, 4) is 0 Å². The first-order chi connectivity index (χ1) is 8.08. The lowest BCUT2D eigenvalue weighted by Gasteiger charge is -2.26.